The summed E-state index contributed by atoms with van der Waals surface area (Å²) in [6.45, 7) is 2.00. The number of fused-ring (bicyclic) bond motifs is 1. The van der Waals surface area contributed by atoms with Crippen LogP contribution < -0.4 is 5.32 Å². The maximum absolute atomic E-state index is 13.3. The number of amides is 2. The SMILES string of the molecule is CC(=O)NCC(=O)N1CCC[C@H]1c1ccnc2ncc(-c3ccc(F)cc3)n12. The van der Waals surface area contributed by atoms with Gasteiger partial charge >= 0.3 is 0 Å². The molecule has 1 aliphatic heterocycles. The molecule has 4 rings (SSSR count). The highest BCUT2D eigenvalue weighted by atomic mass is 19.1. The van der Waals surface area contributed by atoms with Crippen LogP contribution in [-0.4, -0.2) is 44.2 Å². The number of halogens is 1. The van der Waals surface area contributed by atoms with E-state index in [2.05, 4.69) is 15.3 Å². The first kappa shape index (κ1) is 18.1. The van der Waals surface area contributed by atoms with Gasteiger partial charge in [-0.05, 0) is 43.2 Å². The van der Waals surface area contributed by atoms with Crippen LogP contribution in [0.15, 0.2) is 42.7 Å². The number of nitrogens with zero attached hydrogens (tertiary/aromatic N) is 4. The Bertz CT molecular complexity index is 1030. The first-order valence-electron chi connectivity index (χ1n) is 9.17. The maximum atomic E-state index is 13.3. The average molecular weight is 381 g/mol. The lowest BCUT2D eigenvalue weighted by Gasteiger charge is -2.26. The number of nitrogens with one attached hydrogen (secondary N) is 1. The van der Waals surface area contributed by atoms with Gasteiger partial charge in [-0.1, -0.05) is 0 Å². The van der Waals surface area contributed by atoms with Gasteiger partial charge in [-0.2, -0.15) is 0 Å². The summed E-state index contributed by atoms with van der Waals surface area (Å²) in [6, 6.07) is 7.96. The molecule has 3 aromatic rings. The standard InChI is InChI=1S/C20H20FN5O2/c1-13(27)23-12-19(28)25-10-2-3-16(25)17-8-9-22-20-24-11-18(26(17)20)14-4-6-15(21)7-5-14/h4-9,11,16H,2-3,10,12H2,1H3,(H,23,27)/t16-/m0/s1. The minimum atomic E-state index is -0.304. The molecule has 1 aliphatic rings. The van der Waals surface area contributed by atoms with E-state index in [0.29, 0.717) is 12.3 Å². The Morgan fingerprint density at radius 3 is 2.75 bits per heavy atom. The van der Waals surface area contributed by atoms with Crippen LogP contribution in [0.4, 0.5) is 4.39 Å². The second kappa shape index (κ2) is 7.38. The summed E-state index contributed by atoms with van der Waals surface area (Å²) < 4.78 is 15.2. The topological polar surface area (TPSA) is 79.6 Å². The summed E-state index contributed by atoms with van der Waals surface area (Å²) in [7, 11) is 0. The largest absolute Gasteiger partial charge is 0.347 e. The third-order valence-corrected chi connectivity index (χ3v) is 4.98. The Morgan fingerprint density at radius 1 is 1.21 bits per heavy atom. The van der Waals surface area contributed by atoms with Crippen LogP contribution >= 0.6 is 0 Å². The molecule has 2 amide bonds. The third kappa shape index (κ3) is 3.33. The van der Waals surface area contributed by atoms with Gasteiger partial charge in [0.15, 0.2) is 0 Å². The van der Waals surface area contributed by atoms with E-state index in [4.69, 9.17) is 0 Å². The van der Waals surface area contributed by atoms with Crippen molar-refractivity contribution in [2.24, 2.45) is 0 Å². The van der Waals surface area contributed by atoms with Crippen molar-refractivity contribution in [3.63, 3.8) is 0 Å². The molecule has 1 aromatic carbocycles. The Kier molecular flexibility index (Phi) is 4.77. The number of hydrogen-bond donors (Lipinski definition) is 1. The molecule has 2 aromatic heterocycles. The number of hydrogen-bond acceptors (Lipinski definition) is 4. The van der Waals surface area contributed by atoms with Crippen molar-refractivity contribution < 1.29 is 14.0 Å². The lowest BCUT2D eigenvalue weighted by Crippen LogP contribution is -2.39. The van der Waals surface area contributed by atoms with E-state index < -0.39 is 0 Å². The summed E-state index contributed by atoms with van der Waals surface area (Å²) in [5.74, 6) is -0.130. The fourth-order valence-corrected chi connectivity index (χ4v) is 3.70. The van der Waals surface area contributed by atoms with E-state index in [1.165, 1.54) is 19.1 Å². The van der Waals surface area contributed by atoms with Gasteiger partial charge in [0.05, 0.1) is 30.2 Å². The molecule has 1 fully saturated rings. The number of carbonyl (C=O) groups is 2. The van der Waals surface area contributed by atoms with Crippen LogP contribution in [0.5, 0.6) is 0 Å². The smallest absolute Gasteiger partial charge is 0.242 e. The monoisotopic (exact) mass is 381 g/mol. The zero-order valence-electron chi connectivity index (χ0n) is 15.4. The molecule has 7 nitrogen and oxygen atoms in total. The molecule has 0 aliphatic carbocycles. The summed E-state index contributed by atoms with van der Waals surface area (Å²) in [5, 5.41) is 2.57. The molecule has 1 saturated heterocycles. The van der Waals surface area contributed by atoms with Crippen LogP contribution in [0.25, 0.3) is 17.0 Å². The Labute approximate surface area is 161 Å². The highest BCUT2D eigenvalue weighted by Gasteiger charge is 2.32. The van der Waals surface area contributed by atoms with Gasteiger partial charge in [0.2, 0.25) is 17.6 Å². The van der Waals surface area contributed by atoms with Crippen LogP contribution in [0, 0.1) is 5.82 Å². The fraction of sp³-hybridized carbons (Fsp3) is 0.300. The van der Waals surface area contributed by atoms with Gasteiger partial charge in [-0.15, -0.1) is 0 Å². The molecule has 0 bridgehead atoms. The number of carbonyl (C=O) groups excluding carboxylic acids is 2. The lowest BCUT2D eigenvalue weighted by atomic mass is 10.1. The zero-order chi connectivity index (χ0) is 19.7. The first-order chi connectivity index (χ1) is 13.5. The summed E-state index contributed by atoms with van der Waals surface area (Å²) >= 11 is 0. The highest BCUT2D eigenvalue weighted by molar-refractivity contribution is 5.84. The van der Waals surface area contributed by atoms with Gasteiger partial charge < -0.3 is 10.2 Å². The van der Waals surface area contributed by atoms with E-state index in [9.17, 15) is 14.0 Å². The normalized spacial score (nSPS) is 16.5. The van der Waals surface area contributed by atoms with Crippen molar-refractivity contribution in [1.29, 1.82) is 0 Å². The molecule has 3 heterocycles. The predicted octanol–water partition coefficient (Wildman–Crippen LogP) is 2.33. The molecule has 0 radical (unpaired) electrons. The first-order valence-corrected chi connectivity index (χ1v) is 9.17. The number of aromatic nitrogens is 3. The molecule has 1 atom stereocenters. The van der Waals surface area contributed by atoms with Crippen molar-refractivity contribution in [3.8, 4) is 11.3 Å². The molecule has 0 saturated carbocycles. The van der Waals surface area contributed by atoms with Gasteiger partial charge in [0.25, 0.3) is 0 Å². The summed E-state index contributed by atoms with van der Waals surface area (Å²) in [5.41, 5.74) is 2.51. The number of rotatable bonds is 4. The second-order valence-corrected chi connectivity index (χ2v) is 6.81. The van der Waals surface area contributed by atoms with E-state index in [-0.39, 0.29) is 30.2 Å². The molecule has 1 N–H and O–H groups in total. The van der Waals surface area contributed by atoms with Gasteiger partial charge in [-0.25, -0.2) is 14.4 Å². The minimum absolute atomic E-state index is 0.0190. The number of benzene rings is 1. The highest BCUT2D eigenvalue weighted by Crippen LogP contribution is 2.34. The number of likely N-dealkylation sites (tertiary alicyclic amines) is 1. The fourth-order valence-electron chi connectivity index (χ4n) is 3.70. The quantitative estimate of drug-likeness (QED) is 0.752. The molecule has 8 heteroatoms. The van der Waals surface area contributed by atoms with Crippen LogP contribution in [0.2, 0.25) is 0 Å². The van der Waals surface area contributed by atoms with Crippen LogP contribution in [-0.2, 0) is 9.59 Å². The van der Waals surface area contributed by atoms with Crippen molar-refractivity contribution in [1.82, 2.24) is 24.6 Å². The summed E-state index contributed by atoms with van der Waals surface area (Å²) in [6.07, 6.45) is 5.07. The Hall–Kier alpha value is -3.29. The van der Waals surface area contributed by atoms with Gasteiger partial charge in [0, 0.05) is 25.2 Å². The van der Waals surface area contributed by atoms with E-state index in [1.807, 2.05) is 10.5 Å². The molecular weight excluding hydrogens is 361 g/mol. The molecule has 28 heavy (non-hydrogen) atoms. The van der Waals surface area contributed by atoms with Gasteiger partial charge in [0.1, 0.15) is 5.82 Å². The van der Waals surface area contributed by atoms with Crippen molar-refractivity contribution >= 4 is 17.6 Å². The molecule has 0 spiro atoms. The van der Waals surface area contributed by atoms with Crippen molar-refractivity contribution in [3.05, 3.63) is 54.2 Å². The Morgan fingerprint density at radius 2 is 2.00 bits per heavy atom. The van der Waals surface area contributed by atoms with Crippen molar-refractivity contribution in [2.45, 2.75) is 25.8 Å². The van der Waals surface area contributed by atoms with Crippen molar-refractivity contribution in [2.75, 3.05) is 13.1 Å². The molecule has 0 unspecified atom stereocenters. The van der Waals surface area contributed by atoms with Crippen LogP contribution in [0.1, 0.15) is 31.5 Å². The zero-order valence-corrected chi connectivity index (χ0v) is 15.4. The third-order valence-electron chi connectivity index (χ3n) is 4.98. The molecular formula is C20H20FN5O2. The lowest BCUT2D eigenvalue weighted by molar-refractivity contribution is -0.133. The Balaban J connectivity index is 1.74. The number of imidazole rings is 1. The molecule has 144 valence electrons. The summed E-state index contributed by atoms with van der Waals surface area (Å²) in [4.78, 5) is 34.3. The van der Waals surface area contributed by atoms with Gasteiger partial charge in [-0.3, -0.25) is 14.0 Å². The maximum Gasteiger partial charge on any atom is 0.242 e. The predicted molar refractivity (Wildman–Crippen MR) is 101 cm³/mol. The second-order valence-electron chi connectivity index (χ2n) is 6.81. The van der Waals surface area contributed by atoms with E-state index in [0.717, 1.165) is 29.8 Å². The van der Waals surface area contributed by atoms with Crippen LogP contribution in [0.3, 0.4) is 0 Å². The average Bonchev–Trinajstić information content (AvgIpc) is 3.34. The van der Waals surface area contributed by atoms with E-state index in [1.54, 1.807) is 29.4 Å². The minimum Gasteiger partial charge on any atom is -0.347 e. The van der Waals surface area contributed by atoms with E-state index >= 15 is 0 Å².